The minimum Gasteiger partial charge on any atom is -0.492 e. The summed E-state index contributed by atoms with van der Waals surface area (Å²) in [5, 5.41) is 2.63. The first-order valence-corrected chi connectivity index (χ1v) is 11.4. The molecule has 0 spiro atoms. The summed E-state index contributed by atoms with van der Waals surface area (Å²) >= 11 is 0. The fraction of sp³-hybridized carbons (Fsp3) is 0.318. The predicted molar refractivity (Wildman–Crippen MR) is 114 cm³/mol. The van der Waals surface area contributed by atoms with Crippen LogP contribution in [0.4, 0.5) is 10.1 Å². The van der Waals surface area contributed by atoms with Crippen molar-refractivity contribution in [2.24, 2.45) is 0 Å². The molecule has 160 valence electrons. The van der Waals surface area contributed by atoms with Gasteiger partial charge in [0.25, 0.3) is 0 Å². The first-order valence-electron chi connectivity index (χ1n) is 9.92. The number of carbonyl (C=O) groups is 1. The van der Waals surface area contributed by atoms with E-state index in [1.165, 1.54) is 34.7 Å². The number of hydrogen-bond donors (Lipinski definition) is 1. The van der Waals surface area contributed by atoms with Gasteiger partial charge in [-0.1, -0.05) is 24.6 Å². The Morgan fingerprint density at radius 1 is 1.17 bits per heavy atom. The molecule has 0 atom stereocenters. The van der Waals surface area contributed by atoms with Crippen LogP contribution in [-0.4, -0.2) is 38.3 Å². The SMILES string of the molecule is CCOc1ccc(NC(=O)/C=C/c2ccccc2F)cc1S(=O)(=O)N1CCCCC1. The lowest BCUT2D eigenvalue weighted by molar-refractivity contribution is -0.111. The van der Waals surface area contributed by atoms with Gasteiger partial charge in [0.2, 0.25) is 15.9 Å². The van der Waals surface area contributed by atoms with Gasteiger partial charge in [0.15, 0.2) is 0 Å². The van der Waals surface area contributed by atoms with Crippen molar-refractivity contribution in [1.82, 2.24) is 4.31 Å². The van der Waals surface area contributed by atoms with E-state index in [-0.39, 0.29) is 16.2 Å². The van der Waals surface area contributed by atoms with Gasteiger partial charge in [-0.15, -0.1) is 0 Å². The van der Waals surface area contributed by atoms with Crippen LogP contribution >= 0.6 is 0 Å². The Hall–Kier alpha value is -2.71. The van der Waals surface area contributed by atoms with Crippen LogP contribution in [0.5, 0.6) is 5.75 Å². The van der Waals surface area contributed by atoms with Gasteiger partial charge in [-0.2, -0.15) is 4.31 Å². The minimum absolute atomic E-state index is 0.0298. The number of nitrogens with zero attached hydrogens (tertiary/aromatic N) is 1. The second kappa shape index (κ2) is 9.86. The van der Waals surface area contributed by atoms with Crippen molar-refractivity contribution in [3.8, 4) is 5.75 Å². The van der Waals surface area contributed by atoms with Gasteiger partial charge in [0, 0.05) is 30.4 Å². The molecule has 1 fully saturated rings. The topological polar surface area (TPSA) is 75.7 Å². The van der Waals surface area contributed by atoms with E-state index in [0.29, 0.717) is 25.4 Å². The van der Waals surface area contributed by atoms with Crippen molar-refractivity contribution in [2.75, 3.05) is 25.0 Å². The minimum atomic E-state index is -3.74. The number of anilines is 1. The number of amides is 1. The number of rotatable bonds is 7. The molecule has 1 saturated heterocycles. The number of hydrogen-bond acceptors (Lipinski definition) is 4. The zero-order chi connectivity index (χ0) is 21.6. The van der Waals surface area contributed by atoms with Crippen LogP contribution in [0.15, 0.2) is 53.4 Å². The zero-order valence-corrected chi connectivity index (χ0v) is 17.6. The summed E-state index contributed by atoms with van der Waals surface area (Å²) in [5.74, 6) is -0.677. The maximum Gasteiger partial charge on any atom is 0.248 e. The molecule has 0 radical (unpaired) electrons. The number of ether oxygens (including phenoxy) is 1. The van der Waals surface area contributed by atoms with Crippen molar-refractivity contribution in [3.05, 3.63) is 59.9 Å². The smallest absolute Gasteiger partial charge is 0.248 e. The molecule has 0 aromatic heterocycles. The van der Waals surface area contributed by atoms with Crippen LogP contribution < -0.4 is 10.1 Å². The lowest BCUT2D eigenvalue weighted by Gasteiger charge is -2.26. The largest absolute Gasteiger partial charge is 0.492 e. The highest BCUT2D eigenvalue weighted by atomic mass is 32.2. The molecule has 30 heavy (non-hydrogen) atoms. The molecular weight excluding hydrogens is 407 g/mol. The predicted octanol–water partition coefficient (Wildman–Crippen LogP) is 4.05. The van der Waals surface area contributed by atoms with Crippen LogP contribution in [0.3, 0.4) is 0 Å². The second-order valence-electron chi connectivity index (χ2n) is 6.90. The summed E-state index contributed by atoms with van der Waals surface area (Å²) in [6, 6.07) is 10.6. The molecule has 2 aromatic carbocycles. The Morgan fingerprint density at radius 3 is 2.60 bits per heavy atom. The average molecular weight is 433 g/mol. The number of nitrogens with one attached hydrogen (secondary N) is 1. The lowest BCUT2D eigenvalue weighted by Crippen LogP contribution is -2.35. The number of sulfonamides is 1. The third-order valence-electron chi connectivity index (χ3n) is 4.76. The Bertz CT molecular complexity index is 1030. The first kappa shape index (κ1) is 22.0. The van der Waals surface area contributed by atoms with Crippen molar-refractivity contribution in [1.29, 1.82) is 0 Å². The summed E-state index contributed by atoms with van der Waals surface area (Å²) in [7, 11) is -3.74. The molecular formula is C22H25FN2O4S. The lowest BCUT2D eigenvalue weighted by atomic mass is 10.2. The van der Waals surface area contributed by atoms with Crippen molar-refractivity contribution in [2.45, 2.75) is 31.1 Å². The van der Waals surface area contributed by atoms with Crippen molar-refractivity contribution < 1.29 is 22.3 Å². The van der Waals surface area contributed by atoms with E-state index in [2.05, 4.69) is 5.32 Å². The van der Waals surface area contributed by atoms with Crippen molar-refractivity contribution >= 4 is 27.7 Å². The third-order valence-corrected chi connectivity index (χ3v) is 6.68. The number of piperidine rings is 1. The molecule has 1 amide bonds. The summed E-state index contributed by atoms with van der Waals surface area (Å²) in [6.45, 7) is 3.03. The zero-order valence-electron chi connectivity index (χ0n) is 16.8. The quantitative estimate of drug-likeness (QED) is 0.670. The van der Waals surface area contributed by atoms with Gasteiger partial charge in [-0.05, 0) is 50.1 Å². The molecule has 1 aliphatic rings. The van der Waals surface area contributed by atoms with E-state index < -0.39 is 21.7 Å². The van der Waals surface area contributed by atoms with Crippen LogP contribution in [0.2, 0.25) is 0 Å². The summed E-state index contributed by atoms with van der Waals surface area (Å²) in [4.78, 5) is 12.3. The molecule has 8 heteroatoms. The van der Waals surface area contributed by atoms with E-state index in [1.54, 1.807) is 31.2 Å². The molecule has 1 N–H and O–H groups in total. The number of carbonyl (C=O) groups excluding carboxylic acids is 1. The Balaban J connectivity index is 1.83. The fourth-order valence-electron chi connectivity index (χ4n) is 3.27. The fourth-order valence-corrected chi connectivity index (χ4v) is 4.94. The summed E-state index contributed by atoms with van der Waals surface area (Å²) in [6.07, 6.45) is 5.22. The number of halogens is 1. The summed E-state index contributed by atoms with van der Waals surface area (Å²) < 4.78 is 46.9. The van der Waals surface area contributed by atoms with E-state index in [0.717, 1.165) is 19.3 Å². The highest BCUT2D eigenvalue weighted by Gasteiger charge is 2.29. The molecule has 1 aliphatic heterocycles. The second-order valence-corrected chi connectivity index (χ2v) is 8.81. The Morgan fingerprint density at radius 2 is 1.90 bits per heavy atom. The third kappa shape index (κ3) is 5.25. The van der Waals surface area contributed by atoms with E-state index >= 15 is 0 Å². The molecule has 3 rings (SSSR count). The van der Waals surface area contributed by atoms with E-state index in [9.17, 15) is 17.6 Å². The van der Waals surface area contributed by atoms with Crippen LogP contribution in [0.1, 0.15) is 31.7 Å². The van der Waals surface area contributed by atoms with E-state index in [1.807, 2.05) is 0 Å². The Labute approximate surface area is 176 Å². The van der Waals surface area contributed by atoms with Gasteiger partial charge in [-0.3, -0.25) is 4.79 Å². The highest BCUT2D eigenvalue weighted by Crippen LogP contribution is 2.31. The monoisotopic (exact) mass is 432 g/mol. The van der Waals surface area contributed by atoms with Crippen molar-refractivity contribution in [3.63, 3.8) is 0 Å². The molecule has 2 aromatic rings. The molecule has 0 saturated carbocycles. The van der Waals surface area contributed by atoms with Crippen LogP contribution in [0.25, 0.3) is 6.08 Å². The molecule has 0 aliphatic carbocycles. The maximum absolute atomic E-state index is 13.7. The molecule has 0 bridgehead atoms. The molecule has 1 heterocycles. The highest BCUT2D eigenvalue weighted by molar-refractivity contribution is 7.89. The average Bonchev–Trinajstić information content (AvgIpc) is 2.75. The normalized spacial score (nSPS) is 15.3. The first-order chi connectivity index (χ1) is 14.4. The maximum atomic E-state index is 13.7. The van der Waals surface area contributed by atoms with Gasteiger partial charge in [0.05, 0.1) is 6.61 Å². The van der Waals surface area contributed by atoms with Gasteiger partial charge < -0.3 is 10.1 Å². The van der Waals surface area contributed by atoms with Crippen LogP contribution in [-0.2, 0) is 14.8 Å². The van der Waals surface area contributed by atoms with Gasteiger partial charge in [-0.25, -0.2) is 12.8 Å². The molecule has 6 nitrogen and oxygen atoms in total. The van der Waals surface area contributed by atoms with Gasteiger partial charge in [0.1, 0.15) is 16.5 Å². The standard InChI is InChI=1S/C22H25FN2O4S/c1-2-29-20-12-11-18(16-21(20)30(27,28)25-14-6-3-7-15-25)24-22(26)13-10-17-8-4-5-9-19(17)23/h4-5,8-13,16H,2-3,6-7,14-15H2,1H3,(H,24,26)/b13-10+. The Kier molecular flexibility index (Phi) is 7.23. The number of benzene rings is 2. The van der Waals surface area contributed by atoms with Gasteiger partial charge >= 0.3 is 0 Å². The molecule has 0 unspecified atom stereocenters. The summed E-state index contributed by atoms with van der Waals surface area (Å²) in [5.41, 5.74) is 0.602. The van der Waals surface area contributed by atoms with Crippen LogP contribution in [0, 0.1) is 5.82 Å². The van der Waals surface area contributed by atoms with E-state index in [4.69, 9.17) is 4.74 Å².